The van der Waals surface area contributed by atoms with E-state index in [4.69, 9.17) is 0 Å². The van der Waals surface area contributed by atoms with Gasteiger partial charge in [-0.1, -0.05) is 13.8 Å². The summed E-state index contributed by atoms with van der Waals surface area (Å²) in [5.74, 6) is 1.95. The predicted octanol–water partition coefficient (Wildman–Crippen LogP) is 3.42. The lowest BCUT2D eigenvalue weighted by Crippen LogP contribution is -2.49. The second-order valence-corrected chi connectivity index (χ2v) is 7.54. The Hall–Kier alpha value is -0.150. The maximum atomic E-state index is 14.4. The minimum Gasteiger partial charge on any atom is -0.303 e. The van der Waals surface area contributed by atoms with Crippen molar-refractivity contribution in [3.8, 4) is 0 Å². The van der Waals surface area contributed by atoms with Crippen LogP contribution in [0.15, 0.2) is 0 Å². The molecule has 2 aliphatic heterocycles. The molecule has 0 aromatic heterocycles. The van der Waals surface area contributed by atoms with Crippen LogP contribution in [0.4, 0.5) is 4.39 Å². The van der Waals surface area contributed by atoms with Crippen molar-refractivity contribution in [3.63, 3.8) is 0 Å². The van der Waals surface area contributed by atoms with Crippen LogP contribution in [0.5, 0.6) is 0 Å². The van der Waals surface area contributed by atoms with Gasteiger partial charge < -0.3 is 4.90 Å². The van der Waals surface area contributed by atoms with Crippen molar-refractivity contribution in [2.75, 3.05) is 32.7 Å². The molecule has 2 atom stereocenters. The molecule has 0 bridgehead atoms. The largest absolute Gasteiger partial charge is 0.303 e. The van der Waals surface area contributed by atoms with E-state index in [9.17, 15) is 4.39 Å². The van der Waals surface area contributed by atoms with E-state index in [0.717, 1.165) is 31.3 Å². The Labute approximate surface area is 124 Å². The Balaban J connectivity index is 1.75. The van der Waals surface area contributed by atoms with E-state index in [1.165, 1.54) is 25.9 Å². The zero-order valence-corrected chi connectivity index (χ0v) is 13.8. The number of piperidine rings is 2. The van der Waals surface area contributed by atoms with Gasteiger partial charge in [0.05, 0.1) is 0 Å². The summed E-state index contributed by atoms with van der Waals surface area (Å²) in [7, 11) is 0. The topological polar surface area (TPSA) is 6.48 Å². The number of likely N-dealkylation sites (tertiary alicyclic amines) is 2. The quantitative estimate of drug-likeness (QED) is 0.780. The molecule has 0 saturated carbocycles. The number of hydrogen-bond donors (Lipinski definition) is 0. The molecule has 0 aromatic rings. The molecule has 0 spiro atoms. The monoisotopic (exact) mass is 284 g/mol. The first-order chi connectivity index (χ1) is 9.47. The molecule has 2 nitrogen and oxygen atoms in total. The summed E-state index contributed by atoms with van der Waals surface area (Å²) >= 11 is 0. The standard InChI is InChI=1S/C17H33FN2/c1-13(2)15-5-8-19(9-6-15)11-16-7-10-20(14(3)4)12-17(16)18/h13-17H,5-12H2,1-4H3. The molecule has 3 heteroatoms. The minimum absolute atomic E-state index is 0.264. The third kappa shape index (κ3) is 4.17. The van der Waals surface area contributed by atoms with Crippen molar-refractivity contribution in [3.05, 3.63) is 0 Å². The molecule has 2 fully saturated rings. The minimum atomic E-state index is -0.631. The molecule has 20 heavy (non-hydrogen) atoms. The molecule has 0 aromatic carbocycles. The van der Waals surface area contributed by atoms with Crippen LogP contribution in [-0.2, 0) is 0 Å². The molecule has 2 unspecified atom stereocenters. The summed E-state index contributed by atoms with van der Waals surface area (Å²) in [5.41, 5.74) is 0. The van der Waals surface area contributed by atoms with Crippen molar-refractivity contribution >= 4 is 0 Å². The van der Waals surface area contributed by atoms with Gasteiger partial charge in [0.25, 0.3) is 0 Å². The maximum Gasteiger partial charge on any atom is 0.117 e. The van der Waals surface area contributed by atoms with Crippen LogP contribution >= 0.6 is 0 Å². The lowest BCUT2D eigenvalue weighted by molar-refractivity contribution is 0.0368. The number of alkyl halides is 1. The summed E-state index contributed by atoms with van der Waals surface area (Å²) in [5, 5.41) is 0. The number of hydrogen-bond acceptors (Lipinski definition) is 2. The molecule has 0 N–H and O–H groups in total. The molecule has 2 aliphatic rings. The molecule has 0 amide bonds. The fourth-order valence-corrected chi connectivity index (χ4v) is 3.79. The second kappa shape index (κ2) is 7.22. The van der Waals surface area contributed by atoms with Crippen molar-refractivity contribution < 1.29 is 4.39 Å². The van der Waals surface area contributed by atoms with E-state index in [-0.39, 0.29) is 5.92 Å². The van der Waals surface area contributed by atoms with Crippen LogP contribution < -0.4 is 0 Å². The lowest BCUT2D eigenvalue weighted by Gasteiger charge is -2.41. The van der Waals surface area contributed by atoms with Gasteiger partial charge in [-0.25, -0.2) is 4.39 Å². The third-order valence-electron chi connectivity index (χ3n) is 5.51. The van der Waals surface area contributed by atoms with Gasteiger partial charge >= 0.3 is 0 Å². The molecule has 0 radical (unpaired) electrons. The summed E-state index contributed by atoms with van der Waals surface area (Å²) in [6, 6.07) is 0.482. The Morgan fingerprint density at radius 2 is 1.65 bits per heavy atom. The van der Waals surface area contributed by atoms with E-state index < -0.39 is 6.17 Å². The van der Waals surface area contributed by atoms with Crippen LogP contribution in [-0.4, -0.2) is 54.7 Å². The van der Waals surface area contributed by atoms with Crippen molar-refractivity contribution in [2.45, 2.75) is 59.2 Å². The zero-order chi connectivity index (χ0) is 14.7. The first-order valence-electron chi connectivity index (χ1n) is 8.57. The SMILES string of the molecule is CC(C)C1CCN(CC2CCN(C(C)C)CC2F)CC1. The molecule has 2 rings (SSSR count). The van der Waals surface area contributed by atoms with Gasteiger partial charge in [-0.3, -0.25) is 4.90 Å². The molecule has 0 aliphatic carbocycles. The fraction of sp³-hybridized carbons (Fsp3) is 1.00. The Bertz CT molecular complexity index is 285. The fourth-order valence-electron chi connectivity index (χ4n) is 3.79. The number of rotatable bonds is 4. The Morgan fingerprint density at radius 3 is 2.15 bits per heavy atom. The third-order valence-corrected chi connectivity index (χ3v) is 5.51. The van der Waals surface area contributed by atoms with E-state index in [0.29, 0.717) is 12.6 Å². The first-order valence-corrected chi connectivity index (χ1v) is 8.57. The summed E-state index contributed by atoms with van der Waals surface area (Å²) in [6.07, 6.45) is 3.01. The van der Waals surface area contributed by atoms with Gasteiger partial charge in [-0.15, -0.1) is 0 Å². The lowest BCUT2D eigenvalue weighted by atomic mass is 9.86. The number of nitrogens with zero attached hydrogens (tertiary/aromatic N) is 2. The average Bonchev–Trinajstić information content (AvgIpc) is 2.41. The highest BCUT2D eigenvalue weighted by atomic mass is 19.1. The highest BCUT2D eigenvalue weighted by Crippen LogP contribution is 2.28. The van der Waals surface area contributed by atoms with Crippen molar-refractivity contribution in [1.29, 1.82) is 0 Å². The first kappa shape index (κ1) is 16.2. The number of halogens is 1. The van der Waals surface area contributed by atoms with Gasteiger partial charge in [-0.05, 0) is 64.6 Å². The van der Waals surface area contributed by atoms with E-state index in [1.54, 1.807) is 0 Å². The van der Waals surface area contributed by atoms with E-state index >= 15 is 0 Å². The van der Waals surface area contributed by atoms with Crippen LogP contribution in [0.1, 0.15) is 47.0 Å². The predicted molar refractivity (Wildman–Crippen MR) is 83.7 cm³/mol. The Kier molecular flexibility index (Phi) is 5.85. The zero-order valence-electron chi connectivity index (χ0n) is 13.8. The summed E-state index contributed by atoms with van der Waals surface area (Å²) in [6.45, 7) is 14.1. The van der Waals surface area contributed by atoms with E-state index in [2.05, 4.69) is 37.5 Å². The van der Waals surface area contributed by atoms with Gasteiger partial charge in [0, 0.05) is 25.0 Å². The molecular formula is C17H33FN2. The van der Waals surface area contributed by atoms with Gasteiger partial charge in [0.1, 0.15) is 6.17 Å². The summed E-state index contributed by atoms with van der Waals surface area (Å²) in [4.78, 5) is 4.80. The molecular weight excluding hydrogens is 251 g/mol. The van der Waals surface area contributed by atoms with Crippen molar-refractivity contribution in [1.82, 2.24) is 9.80 Å². The maximum absolute atomic E-state index is 14.4. The molecule has 118 valence electrons. The van der Waals surface area contributed by atoms with Gasteiger partial charge in [0.15, 0.2) is 0 Å². The molecule has 2 heterocycles. The van der Waals surface area contributed by atoms with Crippen LogP contribution in [0, 0.1) is 17.8 Å². The Morgan fingerprint density at radius 1 is 1.00 bits per heavy atom. The highest BCUT2D eigenvalue weighted by Gasteiger charge is 2.32. The average molecular weight is 284 g/mol. The van der Waals surface area contributed by atoms with Gasteiger partial charge in [-0.2, -0.15) is 0 Å². The van der Waals surface area contributed by atoms with Gasteiger partial charge in [0.2, 0.25) is 0 Å². The van der Waals surface area contributed by atoms with E-state index in [1.807, 2.05) is 0 Å². The second-order valence-electron chi connectivity index (χ2n) is 7.54. The van der Waals surface area contributed by atoms with Crippen LogP contribution in [0.25, 0.3) is 0 Å². The normalized spacial score (nSPS) is 31.4. The summed E-state index contributed by atoms with van der Waals surface area (Å²) < 4.78 is 14.4. The highest BCUT2D eigenvalue weighted by molar-refractivity contribution is 4.85. The van der Waals surface area contributed by atoms with Crippen LogP contribution in [0.2, 0.25) is 0 Å². The van der Waals surface area contributed by atoms with Crippen LogP contribution in [0.3, 0.4) is 0 Å². The van der Waals surface area contributed by atoms with Crippen molar-refractivity contribution in [2.24, 2.45) is 17.8 Å². The smallest absolute Gasteiger partial charge is 0.117 e. The molecule has 2 saturated heterocycles.